The van der Waals surface area contributed by atoms with Crippen LogP contribution in [0.3, 0.4) is 0 Å². The maximum atomic E-state index is 12.8. The van der Waals surface area contributed by atoms with Gasteiger partial charge < -0.3 is 9.47 Å². The van der Waals surface area contributed by atoms with Crippen molar-refractivity contribution in [3.63, 3.8) is 0 Å². The first kappa shape index (κ1) is 51.9. The number of carbonyl (C=O) groups excluding carboxylic acids is 4. The van der Waals surface area contributed by atoms with E-state index in [1.54, 1.807) is 24.3 Å². The van der Waals surface area contributed by atoms with Gasteiger partial charge in [0.2, 0.25) is 0 Å². The van der Waals surface area contributed by atoms with E-state index in [9.17, 15) is 36.0 Å². The molecule has 2 saturated heterocycles. The summed E-state index contributed by atoms with van der Waals surface area (Å²) in [5.74, 6) is 7.10. The van der Waals surface area contributed by atoms with E-state index in [0.717, 1.165) is 62.7 Å². The first-order chi connectivity index (χ1) is 32.7. The Labute approximate surface area is 421 Å². The Morgan fingerprint density at radius 2 is 0.942 bits per heavy atom. The molecular formula is C48H37ClN4O10S6. The van der Waals surface area contributed by atoms with Crippen molar-refractivity contribution in [2.75, 3.05) is 12.5 Å². The number of para-hydroxylation sites is 2. The van der Waals surface area contributed by atoms with Crippen LogP contribution in [-0.2, 0) is 29.3 Å². The Kier molecular flexibility index (Phi) is 17.5. The molecular weight excluding hydrogens is 1020 g/mol. The van der Waals surface area contributed by atoms with Crippen LogP contribution in [0, 0.1) is 0 Å². The number of carbonyl (C=O) groups is 4. The van der Waals surface area contributed by atoms with Gasteiger partial charge in [0.1, 0.15) is 23.0 Å². The zero-order chi connectivity index (χ0) is 49.9. The Morgan fingerprint density at radius 1 is 0.565 bits per heavy atom. The molecule has 0 atom stereocenters. The van der Waals surface area contributed by atoms with Crippen molar-refractivity contribution < 1.29 is 45.5 Å². The lowest BCUT2D eigenvalue weighted by molar-refractivity contribution is -0.124. The van der Waals surface area contributed by atoms with Crippen molar-refractivity contribution in [3.8, 4) is 23.0 Å². The Bertz CT molecular complexity index is 3200. The van der Waals surface area contributed by atoms with Crippen LogP contribution < -0.4 is 20.7 Å². The normalized spacial score (nSPS) is 14.7. The predicted molar refractivity (Wildman–Crippen MR) is 277 cm³/mol. The number of nitrogens with zero attached hydrogens (tertiary/aromatic N) is 2. The van der Waals surface area contributed by atoms with Crippen LogP contribution in [0.4, 0.5) is 0 Å². The van der Waals surface area contributed by atoms with E-state index in [0.29, 0.717) is 19.9 Å². The van der Waals surface area contributed by atoms with Gasteiger partial charge in [-0.2, -0.15) is 5.01 Å². The summed E-state index contributed by atoms with van der Waals surface area (Å²) in [6.07, 6.45) is 5.62. The highest BCUT2D eigenvalue weighted by molar-refractivity contribution is 8.27. The topological polar surface area (TPSA) is 200 Å². The lowest BCUT2D eigenvalue weighted by atomic mass is 10.2. The molecule has 14 nitrogen and oxygen atoms in total. The minimum Gasteiger partial charge on any atom is -0.457 e. The molecule has 3 N–H and O–H groups in total. The molecule has 0 bridgehead atoms. The summed E-state index contributed by atoms with van der Waals surface area (Å²) in [4.78, 5) is 49.0. The highest BCUT2D eigenvalue weighted by Gasteiger charge is 2.34. The van der Waals surface area contributed by atoms with E-state index in [1.165, 1.54) is 60.3 Å². The third-order valence-electron chi connectivity index (χ3n) is 9.20. The quantitative estimate of drug-likeness (QED) is 0.0408. The van der Waals surface area contributed by atoms with Crippen LogP contribution >= 0.6 is 59.6 Å². The molecule has 0 saturated carbocycles. The third kappa shape index (κ3) is 14.8. The zero-order valence-corrected chi connectivity index (χ0v) is 41.7. The number of benzene rings is 6. The molecule has 21 heteroatoms. The summed E-state index contributed by atoms with van der Waals surface area (Å²) in [7, 11) is -6.58. The van der Waals surface area contributed by atoms with Crippen molar-refractivity contribution >= 4 is 123 Å². The van der Waals surface area contributed by atoms with Crippen molar-refractivity contribution in [2.45, 2.75) is 9.79 Å². The third-order valence-corrected chi connectivity index (χ3v) is 14.3. The van der Waals surface area contributed by atoms with Crippen molar-refractivity contribution in [2.24, 2.45) is 5.84 Å². The van der Waals surface area contributed by atoms with Crippen LogP contribution in [0.1, 0.15) is 31.8 Å². The average molecular weight is 1060 g/mol. The van der Waals surface area contributed by atoms with E-state index in [4.69, 9.17) is 51.4 Å². The van der Waals surface area contributed by atoms with Crippen LogP contribution in [0.5, 0.6) is 23.0 Å². The van der Waals surface area contributed by atoms with Crippen LogP contribution in [0.15, 0.2) is 177 Å². The fourth-order valence-electron chi connectivity index (χ4n) is 5.71. The zero-order valence-electron chi connectivity index (χ0n) is 36.0. The highest BCUT2D eigenvalue weighted by Crippen LogP contribution is 2.33. The minimum absolute atomic E-state index is 0.0952. The molecule has 69 heavy (non-hydrogen) atoms. The molecule has 352 valence electrons. The van der Waals surface area contributed by atoms with E-state index in [2.05, 4.69) is 5.43 Å². The van der Waals surface area contributed by atoms with Gasteiger partial charge in [0.15, 0.2) is 28.3 Å². The fourth-order valence-corrected chi connectivity index (χ4v) is 9.38. The molecule has 6 aromatic rings. The highest BCUT2D eigenvalue weighted by atomic mass is 35.5. The number of hydrazine groups is 2. The van der Waals surface area contributed by atoms with Gasteiger partial charge in [0, 0.05) is 23.6 Å². The minimum atomic E-state index is -3.38. The number of hydrogen-bond donors (Lipinski definition) is 2. The molecule has 6 aromatic carbocycles. The van der Waals surface area contributed by atoms with E-state index in [-0.39, 0.29) is 31.1 Å². The van der Waals surface area contributed by atoms with Gasteiger partial charge in [-0.1, -0.05) is 96.4 Å². The molecule has 0 unspecified atom stereocenters. The molecule has 0 radical (unpaired) electrons. The predicted octanol–water partition coefficient (Wildman–Crippen LogP) is 9.45. The summed E-state index contributed by atoms with van der Waals surface area (Å²) >= 11 is 17.7. The number of nitrogens with one attached hydrogen (secondary N) is 1. The van der Waals surface area contributed by atoms with Crippen molar-refractivity contribution in [3.05, 3.63) is 190 Å². The van der Waals surface area contributed by atoms with Gasteiger partial charge in [0.25, 0.3) is 23.0 Å². The number of halogens is 1. The number of sulfone groups is 2. The van der Waals surface area contributed by atoms with Gasteiger partial charge in [-0.15, -0.1) is 0 Å². The molecule has 2 fully saturated rings. The Balaban J connectivity index is 0.000000190. The van der Waals surface area contributed by atoms with Gasteiger partial charge in [-0.3, -0.25) is 24.6 Å². The molecule has 0 spiro atoms. The maximum Gasteiger partial charge on any atom is 0.285 e. The van der Waals surface area contributed by atoms with Crippen LogP contribution in [-0.4, -0.2) is 71.0 Å². The number of nitrogens with two attached hydrogens (primary N) is 1. The number of thioether (sulfide) groups is 2. The number of ether oxygens (including phenoxy) is 2. The summed E-state index contributed by atoms with van der Waals surface area (Å²) < 4.78 is 57.2. The smallest absolute Gasteiger partial charge is 0.285 e. The van der Waals surface area contributed by atoms with Gasteiger partial charge >= 0.3 is 0 Å². The van der Waals surface area contributed by atoms with Gasteiger partial charge in [-0.05, 0) is 144 Å². The van der Waals surface area contributed by atoms with Crippen LogP contribution in [0.25, 0.3) is 12.2 Å². The summed E-state index contributed by atoms with van der Waals surface area (Å²) in [5, 5.41) is 1.39. The number of thiocarbonyl (C=S) groups is 2. The first-order valence-corrected chi connectivity index (χ1v) is 26.4. The van der Waals surface area contributed by atoms with Crippen molar-refractivity contribution in [1.29, 1.82) is 0 Å². The largest absolute Gasteiger partial charge is 0.457 e. The second-order valence-corrected chi connectivity index (χ2v) is 22.1. The molecule has 8 rings (SSSR count). The molecule has 0 aliphatic carbocycles. The summed E-state index contributed by atoms with van der Waals surface area (Å²) in [6.45, 7) is 0. The van der Waals surface area contributed by atoms with E-state index in [1.807, 2.05) is 97.1 Å². The molecule has 0 aromatic heterocycles. The fraction of sp³-hybridized carbons (Fsp3) is 0.0417. The number of rotatable bonds is 11. The van der Waals surface area contributed by atoms with Crippen molar-refractivity contribution in [1.82, 2.24) is 15.4 Å². The maximum absolute atomic E-state index is 12.8. The second-order valence-electron chi connectivity index (χ2n) is 14.3. The molecule has 2 aliphatic heterocycles. The molecule has 2 heterocycles. The number of amides is 3. The van der Waals surface area contributed by atoms with Gasteiger partial charge in [0.05, 0.1) is 19.6 Å². The molecule has 3 amide bonds. The number of hydrogen-bond acceptors (Lipinski definition) is 15. The van der Waals surface area contributed by atoms with Crippen LogP contribution in [0.2, 0.25) is 0 Å². The first-order valence-electron chi connectivity index (χ1n) is 19.8. The SMILES string of the molecule is CS(=O)(=O)c1ccc(C(=O)Cl)cc1.CS(=O)(=O)c1ccc(C(=O)NN2C(=O)/C(=C/c3ccc(Oc4ccccc4)cc3)SC2=S)cc1.NN1C(=O)/C(=C/c2ccc(Oc3ccccc3)cc2)SC1=S. The standard InChI is InChI=1S/C24H18N2O5S3.C16H12N2O2S2.C8H7ClO3S/c1-34(29,30)20-13-9-17(10-14-20)22(27)25-26-23(28)21(33-24(26)32)15-16-7-11-19(12-8-16)31-18-5-3-2-4-6-18;17-18-15(19)14(22-16(18)21)10-11-6-8-13(9-7-11)20-12-4-2-1-3-5-12;1-13(11,12)7-4-2-6(3-5-7)8(9)10/h2-15H,1H3,(H,25,27);1-10H,17H2;2-5H,1H3/b21-15-;14-10-;. The lowest BCUT2D eigenvalue weighted by Gasteiger charge is -2.15. The van der Waals surface area contributed by atoms with E-state index >= 15 is 0 Å². The lowest BCUT2D eigenvalue weighted by Crippen LogP contribution is -2.44. The second kappa shape index (κ2) is 23.2. The monoisotopic (exact) mass is 1060 g/mol. The summed E-state index contributed by atoms with van der Waals surface area (Å²) in [5.41, 5.74) is 4.61. The average Bonchev–Trinajstić information content (AvgIpc) is 3.73. The van der Waals surface area contributed by atoms with E-state index < -0.39 is 36.7 Å². The van der Waals surface area contributed by atoms with Gasteiger partial charge in [-0.25, -0.2) is 27.7 Å². The Morgan fingerprint density at radius 3 is 1.32 bits per heavy atom. The Hall–Kier alpha value is -6.49. The molecule has 2 aliphatic rings. The summed E-state index contributed by atoms with van der Waals surface area (Å²) in [6, 6.07) is 44.5.